The molecule has 1 fully saturated rings. The van der Waals surface area contributed by atoms with Gasteiger partial charge in [-0.25, -0.2) is 18.4 Å². The van der Waals surface area contributed by atoms with Crippen molar-refractivity contribution >= 4 is 15.8 Å². The van der Waals surface area contributed by atoms with Crippen LogP contribution in [0.2, 0.25) is 0 Å². The van der Waals surface area contributed by atoms with Gasteiger partial charge in [0.05, 0.1) is 22.8 Å². The number of ether oxygens (including phenoxy) is 1. The van der Waals surface area contributed by atoms with Crippen molar-refractivity contribution in [2.75, 3.05) is 18.0 Å². The summed E-state index contributed by atoms with van der Waals surface area (Å²) in [5, 5.41) is 4.03. The van der Waals surface area contributed by atoms with E-state index < -0.39 is 9.84 Å². The third-order valence-electron chi connectivity index (χ3n) is 8.81. The summed E-state index contributed by atoms with van der Waals surface area (Å²) in [4.78, 5) is 20.0. The van der Waals surface area contributed by atoms with Crippen molar-refractivity contribution in [2.24, 2.45) is 0 Å². The molecule has 46 heavy (non-hydrogen) atoms. The molecule has 7 rings (SSSR count). The van der Waals surface area contributed by atoms with Crippen LogP contribution >= 0.6 is 0 Å². The zero-order chi connectivity index (χ0) is 31.7. The lowest BCUT2D eigenvalue weighted by molar-refractivity contribution is 0.0224. The third kappa shape index (κ3) is 6.50. The maximum atomic E-state index is 12.7. The summed E-state index contributed by atoms with van der Waals surface area (Å²) in [5.74, 6) is 2.85. The van der Waals surface area contributed by atoms with Crippen molar-refractivity contribution in [2.45, 2.75) is 62.6 Å². The first-order valence-corrected chi connectivity index (χ1v) is 17.5. The first-order valence-electron chi connectivity index (χ1n) is 15.7. The summed E-state index contributed by atoms with van der Waals surface area (Å²) in [7, 11) is -3.32. The second-order valence-electron chi connectivity index (χ2n) is 12.5. The maximum absolute atomic E-state index is 12.7. The van der Waals surface area contributed by atoms with E-state index in [1.54, 1.807) is 36.8 Å². The number of anilines is 1. The van der Waals surface area contributed by atoms with Crippen LogP contribution in [0, 0.1) is 0 Å². The van der Waals surface area contributed by atoms with Crippen LogP contribution < -0.4 is 9.64 Å². The Kier molecular flexibility index (Phi) is 8.02. The molecule has 10 nitrogen and oxygen atoms in total. The van der Waals surface area contributed by atoms with E-state index in [0.29, 0.717) is 28.9 Å². The van der Waals surface area contributed by atoms with Crippen LogP contribution in [0.25, 0.3) is 22.6 Å². The summed E-state index contributed by atoms with van der Waals surface area (Å²) in [6.07, 6.45) is 8.80. The van der Waals surface area contributed by atoms with Crippen molar-refractivity contribution in [3.05, 3.63) is 102 Å². The Morgan fingerprint density at radius 3 is 2.33 bits per heavy atom. The summed E-state index contributed by atoms with van der Waals surface area (Å²) < 4.78 is 37.5. The van der Waals surface area contributed by atoms with E-state index in [1.807, 2.05) is 38.1 Å². The quantitative estimate of drug-likeness (QED) is 0.195. The number of aromatic nitrogens is 5. The molecule has 1 spiro atoms. The van der Waals surface area contributed by atoms with E-state index in [2.05, 4.69) is 48.2 Å². The van der Waals surface area contributed by atoms with Crippen molar-refractivity contribution in [1.29, 1.82) is 0 Å². The molecule has 0 radical (unpaired) electrons. The number of fused-ring (bicyclic) bond motifs is 1. The minimum atomic E-state index is -3.32. The van der Waals surface area contributed by atoms with Gasteiger partial charge >= 0.3 is 0 Å². The number of piperidine rings is 1. The fraction of sp³-hybridized carbons (Fsp3) is 0.343. The third-order valence-corrected chi connectivity index (χ3v) is 10.3. The van der Waals surface area contributed by atoms with Crippen molar-refractivity contribution < 1.29 is 17.7 Å². The molecule has 0 bridgehead atoms. The molecule has 0 saturated carbocycles. The summed E-state index contributed by atoms with van der Waals surface area (Å²) in [6.45, 7) is 5.67. The van der Waals surface area contributed by atoms with Crippen molar-refractivity contribution in [3.63, 3.8) is 0 Å². The minimum absolute atomic E-state index is 0.0157. The minimum Gasteiger partial charge on any atom is -0.487 e. The highest BCUT2D eigenvalue weighted by Gasteiger charge is 2.40. The van der Waals surface area contributed by atoms with E-state index in [9.17, 15) is 8.42 Å². The number of hydrogen-bond acceptors (Lipinski definition) is 10. The number of aryl methyl sites for hydroxylation is 1. The lowest BCUT2D eigenvalue weighted by Crippen LogP contribution is -2.50. The number of benzene rings is 2. The van der Waals surface area contributed by atoms with Gasteiger partial charge in [0.2, 0.25) is 5.95 Å². The van der Waals surface area contributed by atoms with Crippen LogP contribution in [0.4, 0.5) is 5.95 Å². The van der Waals surface area contributed by atoms with Gasteiger partial charge in [-0.1, -0.05) is 55.4 Å². The van der Waals surface area contributed by atoms with E-state index in [1.165, 1.54) is 5.56 Å². The molecule has 0 unspecified atom stereocenters. The normalized spacial score (nSPS) is 15.9. The molecule has 0 aliphatic carbocycles. The van der Waals surface area contributed by atoms with Gasteiger partial charge in [0.1, 0.15) is 11.4 Å². The Morgan fingerprint density at radius 2 is 1.63 bits per heavy atom. The number of sulfone groups is 1. The number of pyridine rings is 1. The van der Waals surface area contributed by atoms with Gasteiger partial charge < -0.3 is 14.2 Å². The Hall–Kier alpha value is -4.64. The molecule has 5 heterocycles. The molecule has 0 atom stereocenters. The summed E-state index contributed by atoms with van der Waals surface area (Å²) in [6, 6.07) is 19.5. The van der Waals surface area contributed by atoms with Crippen LogP contribution in [0.1, 0.15) is 61.7 Å². The Balaban J connectivity index is 0.960. The monoisotopic (exact) mass is 636 g/mol. The zero-order valence-electron chi connectivity index (χ0n) is 26.0. The molecule has 3 aromatic heterocycles. The molecule has 2 aromatic carbocycles. The molecule has 11 heteroatoms. The second kappa shape index (κ2) is 12.3. The van der Waals surface area contributed by atoms with E-state index >= 15 is 0 Å². The lowest BCUT2D eigenvalue weighted by Gasteiger charge is -2.44. The highest BCUT2D eigenvalue weighted by Crippen LogP contribution is 2.41. The second-order valence-corrected chi connectivity index (χ2v) is 14.6. The van der Waals surface area contributed by atoms with Crippen LogP contribution in [-0.2, 0) is 27.8 Å². The largest absolute Gasteiger partial charge is 0.487 e. The number of nitrogens with zero attached hydrogens (tertiary/aromatic N) is 6. The highest BCUT2D eigenvalue weighted by molar-refractivity contribution is 7.89. The average Bonchev–Trinajstić information content (AvgIpc) is 3.57. The highest BCUT2D eigenvalue weighted by atomic mass is 32.2. The lowest BCUT2D eigenvalue weighted by atomic mass is 9.82. The fourth-order valence-corrected chi connectivity index (χ4v) is 7.58. The predicted molar refractivity (Wildman–Crippen MR) is 175 cm³/mol. The van der Waals surface area contributed by atoms with Gasteiger partial charge in [0.15, 0.2) is 15.7 Å². The topological polar surface area (TPSA) is 124 Å². The molecule has 5 aromatic rings. The van der Waals surface area contributed by atoms with E-state index in [4.69, 9.17) is 9.26 Å². The van der Waals surface area contributed by atoms with Gasteiger partial charge in [-0.2, -0.15) is 4.98 Å². The maximum Gasteiger partial charge on any atom is 0.261 e. The van der Waals surface area contributed by atoms with Crippen LogP contribution in [0.3, 0.4) is 0 Å². The molecular weight excluding hydrogens is 600 g/mol. The van der Waals surface area contributed by atoms with Gasteiger partial charge in [0.25, 0.3) is 5.89 Å². The van der Waals surface area contributed by atoms with Crippen LogP contribution in [-0.4, -0.2) is 52.2 Å². The molecule has 2 aliphatic heterocycles. The molecule has 0 N–H and O–H groups in total. The smallest absolute Gasteiger partial charge is 0.261 e. The van der Waals surface area contributed by atoms with Gasteiger partial charge in [0, 0.05) is 50.4 Å². The molecule has 1 saturated heterocycles. The average molecular weight is 637 g/mol. The number of hydrogen-bond donors (Lipinski definition) is 0. The molecule has 0 amide bonds. The molecular formula is C35H36N6O4S. The first-order chi connectivity index (χ1) is 22.2. The fourth-order valence-electron chi connectivity index (χ4n) is 6.16. The van der Waals surface area contributed by atoms with E-state index in [0.717, 1.165) is 61.2 Å². The first kappa shape index (κ1) is 30.0. The molecule has 236 valence electrons. The van der Waals surface area contributed by atoms with Gasteiger partial charge in [-0.15, -0.1) is 0 Å². The van der Waals surface area contributed by atoms with Crippen molar-refractivity contribution in [3.8, 4) is 28.3 Å². The summed E-state index contributed by atoms with van der Waals surface area (Å²) >= 11 is 0. The van der Waals surface area contributed by atoms with E-state index in [-0.39, 0.29) is 23.0 Å². The van der Waals surface area contributed by atoms with Crippen LogP contribution in [0.15, 0.2) is 83.8 Å². The Bertz CT molecular complexity index is 1920. The Morgan fingerprint density at radius 1 is 0.870 bits per heavy atom. The van der Waals surface area contributed by atoms with Crippen molar-refractivity contribution in [1.82, 2.24) is 25.1 Å². The van der Waals surface area contributed by atoms with Gasteiger partial charge in [-0.05, 0) is 59.4 Å². The SMILES string of the molecule is CC(C)c1noc(-c2cnc(N3CCC4(CCc5cc(-c6ccc(CS(=O)(=O)Cc7ccccn7)cc6)ccc5O4)CC3)nc2)n1. The number of rotatable bonds is 8. The summed E-state index contributed by atoms with van der Waals surface area (Å²) in [5.41, 5.74) is 5.19. The molecule has 2 aliphatic rings. The van der Waals surface area contributed by atoms with Crippen LogP contribution in [0.5, 0.6) is 5.75 Å². The predicted octanol–water partition coefficient (Wildman–Crippen LogP) is 6.19. The zero-order valence-corrected chi connectivity index (χ0v) is 26.8. The Labute approximate surface area is 268 Å². The van der Waals surface area contributed by atoms with Gasteiger partial charge in [-0.3, -0.25) is 4.98 Å². The standard InChI is InChI=1S/C35H36N6O4S/c1-24(2)32-39-33(45-40-32)29-20-37-34(38-21-29)41-17-14-35(15-18-41)13-12-28-19-27(10-11-31(28)44-35)26-8-6-25(7-9-26)22-46(42,43)23-30-5-3-4-16-36-30/h3-11,16,19-21,24H,12-15,17-18,22-23H2,1-2H3.